The quantitative estimate of drug-likeness (QED) is 0.603. The summed E-state index contributed by atoms with van der Waals surface area (Å²) in [4.78, 5) is 9.06. The highest BCUT2D eigenvalue weighted by Crippen LogP contribution is 2.31. The van der Waals surface area contributed by atoms with E-state index in [1.807, 2.05) is 31.2 Å². The number of rotatable bonds is 4. The van der Waals surface area contributed by atoms with E-state index in [1.165, 1.54) is 5.56 Å². The lowest BCUT2D eigenvalue weighted by Gasteiger charge is -2.20. The van der Waals surface area contributed by atoms with Crippen LogP contribution < -0.4 is 4.43 Å². The number of pyridine rings is 1. The zero-order valence-electron chi connectivity index (χ0n) is 13.3. The molecule has 1 aromatic heterocycles. The summed E-state index contributed by atoms with van der Waals surface area (Å²) < 4.78 is 6.14. The summed E-state index contributed by atoms with van der Waals surface area (Å²) in [6.07, 6.45) is 1.78. The second-order valence-electron chi connectivity index (χ2n) is 6.10. The first kappa shape index (κ1) is 15.4. The van der Waals surface area contributed by atoms with Crippen LogP contribution in [0.15, 0.2) is 47.6 Å². The molecule has 0 fully saturated rings. The maximum absolute atomic E-state index is 6.14. The van der Waals surface area contributed by atoms with E-state index in [9.17, 15) is 0 Å². The number of aryl methyl sites for hydroxylation is 1. The van der Waals surface area contributed by atoms with Gasteiger partial charge in [0.15, 0.2) is 0 Å². The van der Waals surface area contributed by atoms with Crippen LogP contribution >= 0.6 is 0 Å². The van der Waals surface area contributed by atoms with Crippen LogP contribution in [0.2, 0.25) is 19.6 Å². The predicted octanol–water partition coefficient (Wildman–Crippen LogP) is 4.74. The molecule has 1 aromatic carbocycles. The molecule has 110 valence electrons. The molecule has 4 heteroatoms. The second kappa shape index (κ2) is 6.22. The van der Waals surface area contributed by atoms with Gasteiger partial charge in [-0.2, -0.15) is 0 Å². The topological polar surface area (TPSA) is 34.5 Å². The van der Waals surface area contributed by atoms with Crippen LogP contribution in [0.1, 0.15) is 18.2 Å². The minimum Gasteiger partial charge on any atom is -0.543 e. The van der Waals surface area contributed by atoms with E-state index in [0.29, 0.717) is 0 Å². The third-order valence-corrected chi connectivity index (χ3v) is 3.69. The maximum atomic E-state index is 6.14. The van der Waals surface area contributed by atoms with Crippen molar-refractivity contribution in [2.24, 2.45) is 4.99 Å². The van der Waals surface area contributed by atoms with Crippen molar-refractivity contribution in [3.63, 3.8) is 0 Å². The van der Waals surface area contributed by atoms with E-state index >= 15 is 0 Å². The molecule has 21 heavy (non-hydrogen) atoms. The van der Waals surface area contributed by atoms with Crippen LogP contribution in [-0.4, -0.2) is 19.0 Å². The first-order valence-electron chi connectivity index (χ1n) is 7.11. The predicted molar refractivity (Wildman–Crippen MR) is 91.3 cm³/mol. The van der Waals surface area contributed by atoms with Crippen LogP contribution in [0.25, 0.3) is 0 Å². The summed E-state index contributed by atoms with van der Waals surface area (Å²) in [5.74, 6) is 0.857. The van der Waals surface area contributed by atoms with Crippen LogP contribution in [0.3, 0.4) is 0 Å². The molecule has 0 atom stereocenters. The first-order valence-corrected chi connectivity index (χ1v) is 10.5. The average Bonchev–Trinajstić information content (AvgIpc) is 2.41. The SMILES string of the molecule is CC(=Nc1cc(C)ccc1O[Si](C)(C)C)c1ccccn1. The van der Waals surface area contributed by atoms with E-state index < -0.39 is 8.32 Å². The van der Waals surface area contributed by atoms with Gasteiger partial charge in [0.1, 0.15) is 11.4 Å². The zero-order chi connectivity index (χ0) is 15.5. The standard InChI is InChI=1S/C17H22N2OSi/c1-13-9-10-17(20-21(3,4)5)16(12-13)19-14(2)15-8-6-7-11-18-15/h6-12H,1-5H3. The Labute approximate surface area is 127 Å². The fraction of sp³-hybridized carbons (Fsp3) is 0.294. The number of hydrogen-bond acceptors (Lipinski definition) is 3. The summed E-state index contributed by atoms with van der Waals surface area (Å²) in [6, 6.07) is 12.0. The Hall–Kier alpha value is -1.94. The monoisotopic (exact) mass is 298 g/mol. The number of hydrogen-bond donors (Lipinski definition) is 0. The minimum atomic E-state index is -1.66. The van der Waals surface area contributed by atoms with Gasteiger partial charge in [-0.1, -0.05) is 12.1 Å². The van der Waals surface area contributed by atoms with Gasteiger partial charge in [-0.15, -0.1) is 0 Å². The molecular formula is C17H22N2OSi. The van der Waals surface area contributed by atoms with E-state index in [-0.39, 0.29) is 0 Å². The van der Waals surface area contributed by atoms with Gasteiger partial charge in [-0.05, 0) is 63.3 Å². The normalized spacial score (nSPS) is 12.3. The van der Waals surface area contributed by atoms with Crippen molar-refractivity contribution in [2.45, 2.75) is 33.5 Å². The molecule has 0 unspecified atom stereocenters. The lowest BCUT2D eigenvalue weighted by molar-refractivity contribution is 0.559. The van der Waals surface area contributed by atoms with Crippen molar-refractivity contribution < 1.29 is 4.43 Å². The Morgan fingerprint density at radius 2 is 1.90 bits per heavy atom. The Morgan fingerprint density at radius 1 is 1.14 bits per heavy atom. The van der Waals surface area contributed by atoms with Gasteiger partial charge in [0, 0.05) is 6.20 Å². The van der Waals surface area contributed by atoms with Crippen LogP contribution in [-0.2, 0) is 0 Å². The second-order valence-corrected chi connectivity index (χ2v) is 10.5. The molecular weight excluding hydrogens is 276 g/mol. The first-order chi connectivity index (χ1) is 9.85. The Bertz CT molecular complexity index is 646. The van der Waals surface area contributed by atoms with E-state index in [1.54, 1.807) is 6.20 Å². The van der Waals surface area contributed by atoms with Gasteiger partial charge in [0.05, 0.1) is 11.4 Å². The van der Waals surface area contributed by atoms with Gasteiger partial charge < -0.3 is 4.43 Å². The highest BCUT2D eigenvalue weighted by molar-refractivity contribution is 6.70. The zero-order valence-corrected chi connectivity index (χ0v) is 14.3. The maximum Gasteiger partial charge on any atom is 0.242 e. The highest BCUT2D eigenvalue weighted by Gasteiger charge is 2.18. The lowest BCUT2D eigenvalue weighted by atomic mass is 10.2. The molecule has 1 heterocycles. The molecule has 0 radical (unpaired) electrons. The summed E-state index contributed by atoms with van der Waals surface area (Å²) in [5, 5.41) is 0. The molecule has 0 amide bonds. The third kappa shape index (κ3) is 4.53. The molecule has 0 aliphatic rings. The van der Waals surface area contributed by atoms with Crippen molar-refractivity contribution >= 4 is 19.7 Å². The Morgan fingerprint density at radius 3 is 2.52 bits per heavy atom. The Balaban J connectivity index is 2.41. The van der Waals surface area contributed by atoms with E-state index in [4.69, 9.17) is 9.42 Å². The molecule has 0 aliphatic heterocycles. The summed E-state index contributed by atoms with van der Waals surface area (Å²) >= 11 is 0. The van der Waals surface area contributed by atoms with Crippen LogP contribution in [0, 0.1) is 6.92 Å². The molecule has 2 rings (SSSR count). The Kier molecular flexibility index (Phi) is 4.58. The number of aromatic nitrogens is 1. The molecule has 2 aromatic rings. The van der Waals surface area contributed by atoms with Gasteiger partial charge >= 0.3 is 0 Å². The summed E-state index contributed by atoms with van der Waals surface area (Å²) in [6.45, 7) is 10.6. The highest BCUT2D eigenvalue weighted by atomic mass is 28.4. The van der Waals surface area contributed by atoms with Crippen molar-refractivity contribution in [1.29, 1.82) is 0 Å². The van der Waals surface area contributed by atoms with Gasteiger partial charge in [-0.3, -0.25) is 4.98 Å². The van der Waals surface area contributed by atoms with Crippen molar-refractivity contribution in [2.75, 3.05) is 0 Å². The number of aliphatic imine (C=N–C) groups is 1. The van der Waals surface area contributed by atoms with Crippen molar-refractivity contribution in [3.05, 3.63) is 53.9 Å². The third-order valence-electron chi connectivity index (χ3n) is 2.85. The van der Waals surface area contributed by atoms with E-state index in [0.717, 1.165) is 22.8 Å². The number of nitrogens with zero attached hydrogens (tertiary/aromatic N) is 2. The van der Waals surface area contributed by atoms with Crippen molar-refractivity contribution in [1.82, 2.24) is 4.98 Å². The fourth-order valence-corrected chi connectivity index (χ4v) is 2.78. The van der Waals surface area contributed by atoms with Gasteiger partial charge in [0.2, 0.25) is 8.32 Å². The van der Waals surface area contributed by atoms with Gasteiger partial charge in [0.25, 0.3) is 0 Å². The molecule has 0 bridgehead atoms. The number of benzene rings is 1. The largest absolute Gasteiger partial charge is 0.543 e. The van der Waals surface area contributed by atoms with E-state index in [2.05, 4.69) is 43.7 Å². The molecule has 0 spiro atoms. The van der Waals surface area contributed by atoms with Gasteiger partial charge in [-0.25, -0.2) is 4.99 Å². The molecule has 0 N–H and O–H groups in total. The summed E-state index contributed by atoms with van der Waals surface area (Å²) in [7, 11) is -1.66. The van der Waals surface area contributed by atoms with Crippen LogP contribution in [0.5, 0.6) is 5.75 Å². The smallest absolute Gasteiger partial charge is 0.242 e. The molecule has 0 saturated carbocycles. The molecule has 0 saturated heterocycles. The minimum absolute atomic E-state index is 0.857. The summed E-state index contributed by atoms with van der Waals surface area (Å²) in [5.41, 5.74) is 3.82. The fourth-order valence-electron chi connectivity index (χ4n) is 1.95. The average molecular weight is 298 g/mol. The van der Waals surface area contributed by atoms with Crippen LogP contribution in [0.4, 0.5) is 5.69 Å². The molecule has 0 aliphatic carbocycles. The lowest BCUT2D eigenvalue weighted by Crippen LogP contribution is -2.29. The molecule has 3 nitrogen and oxygen atoms in total. The van der Waals surface area contributed by atoms with Crippen molar-refractivity contribution in [3.8, 4) is 5.75 Å².